The van der Waals surface area contributed by atoms with Crippen LogP contribution in [0.5, 0.6) is 0 Å². The molecular formula is C13H20ClN3O. The molecule has 0 atom stereocenters. The molecule has 1 aliphatic rings. The molecule has 0 bridgehead atoms. The lowest BCUT2D eigenvalue weighted by Gasteiger charge is -2.29. The summed E-state index contributed by atoms with van der Waals surface area (Å²) in [4.78, 5) is 8.33. The van der Waals surface area contributed by atoms with Crippen LogP contribution in [0.1, 0.15) is 44.6 Å². The van der Waals surface area contributed by atoms with Crippen LogP contribution in [0, 0.1) is 0 Å². The van der Waals surface area contributed by atoms with Crippen LogP contribution in [0.2, 0.25) is 5.15 Å². The Morgan fingerprint density at radius 3 is 2.72 bits per heavy atom. The Labute approximate surface area is 113 Å². The molecule has 4 nitrogen and oxygen atoms in total. The number of nitrogens with zero attached hydrogens (tertiary/aromatic N) is 2. The van der Waals surface area contributed by atoms with E-state index in [1.54, 1.807) is 0 Å². The van der Waals surface area contributed by atoms with Crippen LogP contribution < -0.4 is 5.32 Å². The fourth-order valence-electron chi connectivity index (χ4n) is 2.60. The second-order valence-corrected chi connectivity index (χ2v) is 5.37. The molecule has 2 rings (SSSR count). The third-order valence-corrected chi connectivity index (χ3v) is 3.97. The second-order valence-electron chi connectivity index (χ2n) is 5.01. The van der Waals surface area contributed by atoms with Gasteiger partial charge in [-0.3, -0.25) is 0 Å². The first kappa shape index (κ1) is 13.6. The van der Waals surface area contributed by atoms with Gasteiger partial charge in [-0.15, -0.1) is 0 Å². The monoisotopic (exact) mass is 269 g/mol. The number of halogens is 1. The molecule has 0 radical (unpaired) electrons. The normalized spacial score (nSPS) is 17.9. The van der Waals surface area contributed by atoms with Crippen LogP contribution in [0.4, 0.5) is 5.82 Å². The number of nitrogens with one attached hydrogen (secondary N) is 1. The standard InChI is InChI=1S/C13H20ClN3O/c1-2-5-10-11(14)15-9-16-12(10)17-13(8-18)6-3-4-7-13/h9,18H,2-8H2,1H3,(H,15,16,17). The predicted molar refractivity (Wildman–Crippen MR) is 72.9 cm³/mol. The smallest absolute Gasteiger partial charge is 0.137 e. The summed E-state index contributed by atoms with van der Waals surface area (Å²) < 4.78 is 0. The van der Waals surface area contributed by atoms with E-state index in [1.165, 1.54) is 6.33 Å². The van der Waals surface area contributed by atoms with Crippen molar-refractivity contribution < 1.29 is 5.11 Å². The van der Waals surface area contributed by atoms with E-state index >= 15 is 0 Å². The van der Waals surface area contributed by atoms with Gasteiger partial charge in [0, 0.05) is 5.56 Å². The Hall–Kier alpha value is -0.870. The van der Waals surface area contributed by atoms with E-state index in [-0.39, 0.29) is 12.1 Å². The summed E-state index contributed by atoms with van der Waals surface area (Å²) in [6, 6.07) is 0. The SMILES string of the molecule is CCCc1c(Cl)ncnc1NC1(CO)CCCC1. The largest absolute Gasteiger partial charge is 0.394 e. The van der Waals surface area contributed by atoms with Gasteiger partial charge in [0.2, 0.25) is 0 Å². The van der Waals surface area contributed by atoms with Gasteiger partial charge in [0.1, 0.15) is 17.3 Å². The van der Waals surface area contributed by atoms with Gasteiger partial charge in [0.05, 0.1) is 12.1 Å². The third kappa shape index (κ3) is 2.75. The molecule has 1 aromatic rings. The van der Waals surface area contributed by atoms with Gasteiger partial charge in [-0.1, -0.05) is 37.8 Å². The van der Waals surface area contributed by atoms with Gasteiger partial charge in [0.15, 0.2) is 0 Å². The predicted octanol–water partition coefficient (Wildman–Crippen LogP) is 2.80. The lowest BCUT2D eigenvalue weighted by molar-refractivity contribution is 0.213. The molecule has 0 unspecified atom stereocenters. The summed E-state index contributed by atoms with van der Waals surface area (Å²) in [6.45, 7) is 2.24. The lowest BCUT2D eigenvalue weighted by Crippen LogP contribution is -2.39. The van der Waals surface area contributed by atoms with Crippen molar-refractivity contribution in [1.82, 2.24) is 9.97 Å². The molecular weight excluding hydrogens is 250 g/mol. The molecule has 0 aromatic carbocycles. The number of hydrogen-bond donors (Lipinski definition) is 2. The van der Waals surface area contributed by atoms with Crippen molar-refractivity contribution in [2.75, 3.05) is 11.9 Å². The highest BCUT2D eigenvalue weighted by Crippen LogP contribution is 2.34. The average Bonchev–Trinajstić information content (AvgIpc) is 2.83. The van der Waals surface area contributed by atoms with Gasteiger partial charge in [-0.2, -0.15) is 0 Å². The molecule has 1 saturated carbocycles. The Bertz CT molecular complexity index is 405. The van der Waals surface area contributed by atoms with Crippen molar-refractivity contribution in [2.45, 2.75) is 51.0 Å². The molecule has 1 heterocycles. The molecule has 2 N–H and O–H groups in total. The quantitative estimate of drug-likeness (QED) is 0.807. The highest BCUT2D eigenvalue weighted by Gasteiger charge is 2.34. The minimum absolute atomic E-state index is 0.139. The van der Waals surface area contributed by atoms with E-state index in [1.807, 2.05) is 0 Å². The fraction of sp³-hybridized carbons (Fsp3) is 0.692. The van der Waals surface area contributed by atoms with Gasteiger partial charge in [-0.25, -0.2) is 9.97 Å². The maximum Gasteiger partial charge on any atom is 0.137 e. The molecule has 18 heavy (non-hydrogen) atoms. The molecule has 100 valence electrons. The van der Waals surface area contributed by atoms with Gasteiger partial charge < -0.3 is 10.4 Å². The molecule has 0 amide bonds. The van der Waals surface area contributed by atoms with E-state index in [2.05, 4.69) is 22.2 Å². The molecule has 0 spiro atoms. The molecule has 1 aliphatic carbocycles. The van der Waals surface area contributed by atoms with Crippen LogP contribution in [-0.4, -0.2) is 27.2 Å². The maximum absolute atomic E-state index is 9.63. The number of aliphatic hydroxyl groups excluding tert-OH is 1. The van der Waals surface area contributed by atoms with Crippen molar-refractivity contribution in [3.8, 4) is 0 Å². The van der Waals surface area contributed by atoms with Crippen LogP contribution in [0.25, 0.3) is 0 Å². The summed E-state index contributed by atoms with van der Waals surface area (Å²) in [6.07, 6.45) is 7.58. The number of rotatable bonds is 5. The zero-order valence-electron chi connectivity index (χ0n) is 10.7. The third-order valence-electron chi connectivity index (χ3n) is 3.64. The van der Waals surface area contributed by atoms with Crippen LogP contribution >= 0.6 is 11.6 Å². The molecule has 5 heteroatoms. The van der Waals surface area contributed by atoms with E-state index in [4.69, 9.17) is 11.6 Å². The Balaban J connectivity index is 2.24. The van der Waals surface area contributed by atoms with Crippen molar-refractivity contribution in [3.63, 3.8) is 0 Å². The van der Waals surface area contributed by atoms with Crippen LogP contribution in [-0.2, 0) is 6.42 Å². The number of aliphatic hydroxyl groups is 1. The number of aromatic nitrogens is 2. The van der Waals surface area contributed by atoms with Crippen molar-refractivity contribution in [3.05, 3.63) is 17.0 Å². The highest BCUT2D eigenvalue weighted by molar-refractivity contribution is 6.30. The summed E-state index contributed by atoms with van der Waals surface area (Å²) in [7, 11) is 0. The summed E-state index contributed by atoms with van der Waals surface area (Å²) >= 11 is 6.13. The van der Waals surface area contributed by atoms with Gasteiger partial charge >= 0.3 is 0 Å². The molecule has 1 fully saturated rings. The van der Waals surface area contributed by atoms with Crippen LogP contribution in [0.15, 0.2) is 6.33 Å². The van der Waals surface area contributed by atoms with E-state index in [0.717, 1.165) is 49.9 Å². The zero-order valence-corrected chi connectivity index (χ0v) is 11.5. The highest BCUT2D eigenvalue weighted by atomic mass is 35.5. The topological polar surface area (TPSA) is 58.0 Å². The molecule has 0 saturated heterocycles. The van der Waals surface area contributed by atoms with Crippen LogP contribution in [0.3, 0.4) is 0 Å². The Morgan fingerprint density at radius 1 is 1.39 bits per heavy atom. The zero-order chi connectivity index (χ0) is 13.0. The van der Waals surface area contributed by atoms with Crippen molar-refractivity contribution in [2.24, 2.45) is 0 Å². The van der Waals surface area contributed by atoms with E-state index in [0.29, 0.717) is 5.15 Å². The fourth-order valence-corrected chi connectivity index (χ4v) is 2.82. The second kappa shape index (κ2) is 5.85. The number of hydrogen-bond acceptors (Lipinski definition) is 4. The first-order chi connectivity index (χ1) is 8.71. The average molecular weight is 270 g/mol. The first-order valence-electron chi connectivity index (χ1n) is 6.59. The van der Waals surface area contributed by atoms with Crippen molar-refractivity contribution in [1.29, 1.82) is 0 Å². The van der Waals surface area contributed by atoms with Gasteiger partial charge in [-0.05, 0) is 19.3 Å². The summed E-state index contributed by atoms with van der Waals surface area (Å²) in [5.74, 6) is 0.785. The Kier molecular flexibility index (Phi) is 4.40. The minimum atomic E-state index is -0.222. The molecule has 0 aliphatic heterocycles. The van der Waals surface area contributed by atoms with E-state index in [9.17, 15) is 5.11 Å². The van der Waals surface area contributed by atoms with E-state index < -0.39 is 0 Å². The minimum Gasteiger partial charge on any atom is -0.394 e. The first-order valence-corrected chi connectivity index (χ1v) is 6.97. The number of anilines is 1. The summed E-state index contributed by atoms with van der Waals surface area (Å²) in [5.41, 5.74) is 0.738. The molecule has 1 aromatic heterocycles. The maximum atomic E-state index is 9.63. The Morgan fingerprint density at radius 2 is 2.11 bits per heavy atom. The van der Waals surface area contributed by atoms with Crippen molar-refractivity contribution >= 4 is 17.4 Å². The van der Waals surface area contributed by atoms with Gasteiger partial charge in [0.25, 0.3) is 0 Å². The summed E-state index contributed by atoms with van der Waals surface area (Å²) in [5, 5.41) is 13.6. The lowest BCUT2D eigenvalue weighted by atomic mass is 9.98.